The van der Waals surface area contributed by atoms with E-state index in [-0.39, 0.29) is 11.5 Å². The molecule has 0 radical (unpaired) electrons. The summed E-state index contributed by atoms with van der Waals surface area (Å²) in [5.74, 6) is 0.483. The molecule has 0 spiro atoms. The van der Waals surface area contributed by atoms with Crippen molar-refractivity contribution >= 4 is 31.5 Å². The average Bonchev–Trinajstić information content (AvgIpc) is 2.27. The Kier molecular flexibility index (Phi) is 5.46. The van der Waals surface area contributed by atoms with Gasteiger partial charge < -0.3 is 5.32 Å². The second kappa shape index (κ2) is 6.40. The lowest BCUT2D eigenvalue weighted by molar-refractivity contribution is 0.595. The summed E-state index contributed by atoms with van der Waals surface area (Å²) < 4.78 is 23.6. The van der Waals surface area contributed by atoms with Crippen molar-refractivity contribution in [3.63, 3.8) is 0 Å². The molecular formula is C12H18BrNO2S. The molecule has 17 heavy (non-hydrogen) atoms. The Labute approximate surface area is 112 Å². The SMILES string of the molecule is CCS(=O)(=O)CCCNc1ccc(Br)cc1C. The Bertz CT molecular complexity index is 471. The van der Waals surface area contributed by atoms with Crippen LogP contribution in [0.4, 0.5) is 5.69 Å². The molecule has 0 heterocycles. The predicted octanol–water partition coefficient (Wildman–Crippen LogP) is 2.99. The van der Waals surface area contributed by atoms with Crippen LogP contribution in [-0.2, 0) is 9.84 Å². The van der Waals surface area contributed by atoms with Crippen LogP contribution >= 0.6 is 15.9 Å². The molecule has 0 amide bonds. The standard InChI is InChI=1S/C12H18BrNO2S/c1-3-17(15,16)8-4-7-14-12-6-5-11(13)9-10(12)2/h5-6,9,14H,3-4,7-8H2,1-2H3. The van der Waals surface area contributed by atoms with E-state index >= 15 is 0 Å². The normalized spacial score (nSPS) is 11.5. The monoisotopic (exact) mass is 319 g/mol. The van der Waals surface area contributed by atoms with Crippen molar-refractivity contribution in [2.24, 2.45) is 0 Å². The zero-order valence-electron chi connectivity index (χ0n) is 10.2. The Hall–Kier alpha value is -0.550. The molecule has 96 valence electrons. The number of anilines is 1. The van der Waals surface area contributed by atoms with Crippen LogP contribution in [0.1, 0.15) is 18.9 Å². The Balaban J connectivity index is 2.41. The molecule has 0 aliphatic heterocycles. The van der Waals surface area contributed by atoms with Crippen LogP contribution in [0.3, 0.4) is 0 Å². The number of benzene rings is 1. The van der Waals surface area contributed by atoms with E-state index < -0.39 is 9.84 Å². The van der Waals surface area contributed by atoms with Crippen molar-refractivity contribution in [1.82, 2.24) is 0 Å². The molecule has 1 N–H and O–H groups in total. The fourth-order valence-electron chi connectivity index (χ4n) is 1.48. The van der Waals surface area contributed by atoms with E-state index in [2.05, 4.69) is 21.2 Å². The van der Waals surface area contributed by atoms with Crippen LogP contribution in [0.5, 0.6) is 0 Å². The molecule has 0 atom stereocenters. The first kappa shape index (κ1) is 14.5. The molecule has 0 saturated carbocycles. The molecule has 0 fully saturated rings. The zero-order valence-corrected chi connectivity index (χ0v) is 12.6. The Morgan fingerprint density at radius 2 is 2.06 bits per heavy atom. The number of aryl methyl sites for hydroxylation is 1. The first-order valence-corrected chi connectivity index (χ1v) is 8.26. The van der Waals surface area contributed by atoms with Crippen molar-refractivity contribution in [2.75, 3.05) is 23.4 Å². The summed E-state index contributed by atoms with van der Waals surface area (Å²) in [7, 11) is -2.84. The first-order chi connectivity index (χ1) is 7.94. The van der Waals surface area contributed by atoms with E-state index in [1.165, 1.54) is 0 Å². The molecule has 0 unspecified atom stereocenters. The maximum atomic E-state index is 11.3. The molecular weight excluding hydrogens is 302 g/mol. The minimum absolute atomic E-state index is 0.226. The molecule has 0 saturated heterocycles. The molecule has 1 rings (SSSR count). The Morgan fingerprint density at radius 3 is 2.65 bits per heavy atom. The van der Waals surface area contributed by atoms with Crippen LogP contribution in [0.15, 0.2) is 22.7 Å². The van der Waals surface area contributed by atoms with Crippen molar-refractivity contribution in [3.8, 4) is 0 Å². The van der Waals surface area contributed by atoms with E-state index in [0.29, 0.717) is 13.0 Å². The number of sulfone groups is 1. The van der Waals surface area contributed by atoms with Crippen LogP contribution in [-0.4, -0.2) is 26.5 Å². The largest absolute Gasteiger partial charge is 0.385 e. The maximum Gasteiger partial charge on any atom is 0.150 e. The van der Waals surface area contributed by atoms with Crippen molar-refractivity contribution in [3.05, 3.63) is 28.2 Å². The van der Waals surface area contributed by atoms with Gasteiger partial charge in [0.05, 0.1) is 5.75 Å². The third-order valence-corrected chi connectivity index (χ3v) is 4.86. The van der Waals surface area contributed by atoms with Gasteiger partial charge in [0.1, 0.15) is 9.84 Å². The van der Waals surface area contributed by atoms with Gasteiger partial charge >= 0.3 is 0 Å². The highest BCUT2D eigenvalue weighted by Gasteiger charge is 2.06. The lowest BCUT2D eigenvalue weighted by Gasteiger charge is -2.09. The lowest BCUT2D eigenvalue weighted by atomic mass is 10.2. The fraction of sp³-hybridized carbons (Fsp3) is 0.500. The summed E-state index contributed by atoms with van der Waals surface area (Å²) in [6.07, 6.45) is 0.645. The van der Waals surface area contributed by atoms with Crippen LogP contribution < -0.4 is 5.32 Å². The molecule has 0 aliphatic carbocycles. The van der Waals surface area contributed by atoms with E-state index in [1.54, 1.807) is 6.92 Å². The smallest absolute Gasteiger partial charge is 0.150 e. The second-order valence-electron chi connectivity index (χ2n) is 3.98. The van der Waals surface area contributed by atoms with Gasteiger partial charge in [0, 0.05) is 22.5 Å². The highest BCUT2D eigenvalue weighted by Crippen LogP contribution is 2.19. The number of rotatable bonds is 6. The van der Waals surface area contributed by atoms with E-state index in [1.807, 2.05) is 25.1 Å². The van der Waals surface area contributed by atoms with E-state index in [4.69, 9.17) is 0 Å². The molecule has 3 nitrogen and oxygen atoms in total. The zero-order chi connectivity index (χ0) is 12.9. The number of halogens is 1. The van der Waals surface area contributed by atoms with Crippen LogP contribution in [0.25, 0.3) is 0 Å². The quantitative estimate of drug-likeness (QED) is 0.820. The van der Waals surface area contributed by atoms with Gasteiger partial charge in [0.25, 0.3) is 0 Å². The molecule has 1 aromatic carbocycles. The van der Waals surface area contributed by atoms with Gasteiger partial charge in [0.15, 0.2) is 0 Å². The predicted molar refractivity (Wildman–Crippen MR) is 76.3 cm³/mol. The summed E-state index contributed by atoms with van der Waals surface area (Å²) in [6, 6.07) is 6.00. The van der Waals surface area contributed by atoms with E-state index in [0.717, 1.165) is 15.7 Å². The fourth-order valence-corrected chi connectivity index (χ4v) is 2.83. The summed E-state index contributed by atoms with van der Waals surface area (Å²) in [4.78, 5) is 0. The summed E-state index contributed by atoms with van der Waals surface area (Å²) in [5.41, 5.74) is 2.21. The van der Waals surface area contributed by atoms with Gasteiger partial charge in [-0.3, -0.25) is 0 Å². The number of hydrogen-bond acceptors (Lipinski definition) is 3. The van der Waals surface area contributed by atoms with Crippen molar-refractivity contribution in [1.29, 1.82) is 0 Å². The van der Waals surface area contributed by atoms with Crippen molar-refractivity contribution in [2.45, 2.75) is 20.3 Å². The van der Waals surface area contributed by atoms with E-state index in [9.17, 15) is 8.42 Å². The highest BCUT2D eigenvalue weighted by atomic mass is 79.9. The van der Waals surface area contributed by atoms with Crippen molar-refractivity contribution < 1.29 is 8.42 Å². The Morgan fingerprint density at radius 1 is 1.35 bits per heavy atom. The maximum absolute atomic E-state index is 11.3. The molecule has 1 aromatic rings. The van der Waals surface area contributed by atoms with Gasteiger partial charge in [-0.25, -0.2) is 8.42 Å². The van der Waals surface area contributed by atoms with Gasteiger partial charge in [-0.1, -0.05) is 22.9 Å². The summed E-state index contributed by atoms with van der Waals surface area (Å²) >= 11 is 3.41. The third kappa shape index (κ3) is 5.08. The summed E-state index contributed by atoms with van der Waals surface area (Å²) in [6.45, 7) is 4.39. The lowest BCUT2D eigenvalue weighted by Crippen LogP contribution is -2.13. The second-order valence-corrected chi connectivity index (χ2v) is 7.36. The minimum Gasteiger partial charge on any atom is -0.385 e. The average molecular weight is 320 g/mol. The highest BCUT2D eigenvalue weighted by molar-refractivity contribution is 9.10. The third-order valence-electron chi connectivity index (χ3n) is 2.58. The molecule has 5 heteroatoms. The van der Waals surface area contributed by atoms with Crippen LogP contribution in [0.2, 0.25) is 0 Å². The molecule has 0 bridgehead atoms. The van der Waals surface area contributed by atoms with Gasteiger partial charge in [-0.15, -0.1) is 0 Å². The summed E-state index contributed by atoms with van der Waals surface area (Å²) in [5, 5.41) is 3.25. The molecule has 0 aromatic heterocycles. The van der Waals surface area contributed by atoms with Gasteiger partial charge in [-0.05, 0) is 37.1 Å². The van der Waals surface area contributed by atoms with Crippen LogP contribution in [0, 0.1) is 6.92 Å². The van der Waals surface area contributed by atoms with Gasteiger partial charge in [-0.2, -0.15) is 0 Å². The number of hydrogen-bond donors (Lipinski definition) is 1. The topological polar surface area (TPSA) is 46.2 Å². The first-order valence-electron chi connectivity index (χ1n) is 5.65. The molecule has 0 aliphatic rings. The number of nitrogens with one attached hydrogen (secondary N) is 1. The van der Waals surface area contributed by atoms with Gasteiger partial charge in [0.2, 0.25) is 0 Å². The minimum atomic E-state index is -2.84.